The van der Waals surface area contributed by atoms with Gasteiger partial charge in [-0.25, -0.2) is 4.79 Å². The van der Waals surface area contributed by atoms with E-state index in [-0.39, 0.29) is 17.9 Å². The van der Waals surface area contributed by atoms with Gasteiger partial charge < -0.3 is 15.6 Å². The summed E-state index contributed by atoms with van der Waals surface area (Å²) in [7, 11) is 0. The highest BCUT2D eigenvalue weighted by Crippen LogP contribution is 2.39. The summed E-state index contributed by atoms with van der Waals surface area (Å²) in [6.45, 7) is 1.25. The van der Waals surface area contributed by atoms with Gasteiger partial charge in [0.05, 0.1) is 6.61 Å². The third-order valence-corrected chi connectivity index (χ3v) is 3.20. The molecule has 0 aliphatic carbocycles. The Hall–Kier alpha value is -2.21. The van der Waals surface area contributed by atoms with Gasteiger partial charge in [-0.2, -0.15) is 8.78 Å². The van der Waals surface area contributed by atoms with E-state index < -0.39 is 17.9 Å². The van der Waals surface area contributed by atoms with Gasteiger partial charge in [0.2, 0.25) is 0 Å². The SMILES string of the molecule is CCOC(=O)C(F)(F)[C@H](N)c1c(O)ccc2ccccc12. The standard InChI is InChI=1S/C15H15F2NO3/c1-2-21-14(20)15(16,17)13(18)12-10-6-4-3-5-9(10)7-8-11(12)19/h3-8,13,19H,2,18H2,1H3/t13-/m1/s1. The van der Waals surface area contributed by atoms with Crippen molar-refractivity contribution in [2.24, 2.45) is 5.73 Å². The van der Waals surface area contributed by atoms with Crippen molar-refractivity contribution in [3.8, 4) is 5.75 Å². The minimum atomic E-state index is -3.93. The molecule has 0 aliphatic heterocycles. The van der Waals surface area contributed by atoms with E-state index in [1.165, 1.54) is 13.0 Å². The summed E-state index contributed by atoms with van der Waals surface area (Å²) in [5.74, 6) is -6.02. The number of phenols is 1. The summed E-state index contributed by atoms with van der Waals surface area (Å²) >= 11 is 0. The highest BCUT2D eigenvalue weighted by molar-refractivity contribution is 5.89. The molecule has 0 saturated heterocycles. The lowest BCUT2D eigenvalue weighted by atomic mass is 9.94. The van der Waals surface area contributed by atoms with Crippen molar-refractivity contribution in [1.29, 1.82) is 0 Å². The molecule has 21 heavy (non-hydrogen) atoms. The van der Waals surface area contributed by atoms with Gasteiger partial charge >= 0.3 is 11.9 Å². The maximum atomic E-state index is 14.1. The van der Waals surface area contributed by atoms with Crippen molar-refractivity contribution < 1.29 is 23.4 Å². The second-order valence-electron chi connectivity index (χ2n) is 4.54. The Kier molecular flexibility index (Phi) is 4.09. The number of ether oxygens (including phenoxy) is 1. The third kappa shape index (κ3) is 2.67. The Labute approximate surface area is 120 Å². The molecule has 0 saturated carbocycles. The Balaban J connectivity index is 2.55. The number of halogens is 2. The van der Waals surface area contributed by atoms with Crippen LogP contribution in [0.2, 0.25) is 0 Å². The molecule has 0 bridgehead atoms. The molecular weight excluding hydrogens is 280 g/mol. The van der Waals surface area contributed by atoms with E-state index in [9.17, 15) is 18.7 Å². The average Bonchev–Trinajstić information content (AvgIpc) is 2.46. The van der Waals surface area contributed by atoms with Crippen molar-refractivity contribution in [3.05, 3.63) is 42.0 Å². The van der Waals surface area contributed by atoms with Gasteiger partial charge in [0.15, 0.2) is 0 Å². The highest BCUT2D eigenvalue weighted by atomic mass is 19.3. The molecule has 0 unspecified atom stereocenters. The molecule has 0 fully saturated rings. The van der Waals surface area contributed by atoms with Crippen molar-refractivity contribution in [1.82, 2.24) is 0 Å². The zero-order valence-corrected chi connectivity index (χ0v) is 11.3. The molecule has 4 nitrogen and oxygen atoms in total. The van der Waals surface area contributed by atoms with Crippen LogP contribution in [0.1, 0.15) is 18.5 Å². The number of nitrogens with two attached hydrogens (primary N) is 1. The molecule has 0 aromatic heterocycles. The normalized spacial score (nSPS) is 13.1. The smallest absolute Gasteiger partial charge is 0.379 e. The average molecular weight is 295 g/mol. The fourth-order valence-corrected chi connectivity index (χ4v) is 2.15. The first-order chi connectivity index (χ1) is 9.89. The molecule has 0 heterocycles. The number of carbonyl (C=O) groups excluding carboxylic acids is 1. The summed E-state index contributed by atoms with van der Waals surface area (Å²) in [6.07, 6.45) is 0. The molecule has 0 aliphatic rings. The molecule has 2 rings (SSSR count). The molecule has 0 amide bonds. The Bertz CT molecular complexity index is 673. The summed E-state index contributed by atoms with van der Waals surface area (Å²) in [6, 6.07) is 7.50. The maximum absolute atomic E-state index is 14.1. The van der Waals surface area contributed by atoms with Gasteiger partial charge in [0, 0.05) is 5.56 Å². The number of fused-ring (bicyclic) bond motifs is 1. The van der Waals surface area contributed by atoms with E-state index in [4.69, 9.17) is 5.73 Å². The van der Waals surface area contributed by atoms with Crippen LogP contribution in [0.3, 0.4) is 0 Å². The zero-order chi connectivity index (χ0) is 15.6. The molecule has 0 spiro atoms. The quantitative estimate of drug-likeness (QED) is 0.851. The molecule has 2 aromatic carbocycles. The number of carbonyl (C=O) groups is 1. The lowest BCUT2D eigenvalue weighted by molar-refractivity contribution is -0.174. The number of esters is 1. The fraction of sp³-hybridized carbons (Fsp3) is 0.267. The lowest BCUT2D eigenvalue weighted by Crippen LogP contribution is -2.41. The van der Waals surface area contributed by atoms with Gasteiger partial charge in [-0.1, -0.05) is 30.3 Å². The number of alkyl halides is 2. The van der Waals surface area contributed by atoms with Gasteiger partial charge in [0.1, 0.15) is 11.8 Å². The van der Waals surface area contributed by atoms with Crippen LogP contribution in [-0.4, -0.2) is 23.6 Å². The largest absolute Gasteiger partial charge is 0.508 e. The predicted octanol–water partition coefficient (Wildman–Crippen LogP) is 2.74. The molecule has 112 valence electrons. The van der Waals surface area contributed by atoms with E-state index in [1.54, 1.807) is 30.3 Å². The van der Waals surface area contributed by atoms with Crippen LogP contribution in [-0.2, 0) is 9.53 Å². The lowest BCUT2D eigenvalue weighted by Gasteiger charge is -2.23. The van der Waals surface area contributed by atoms with Crippen LogP contribution < -0.4 is 5.73 Å². The number of hydrogen-bond acceptors (Lipinski definition) is 4. The number of hydrogen-bond donors (Lipinski definition) is 2. The third-order valence-electron chi connectivity index (χ3n) is 3.20. The van der Waals surface area contributed by atoms with Crippen LogP contribution >= 0.6 is 0 Å². The van der Waals surface area contributed by atoms with Crippen molar-refractivity contribution in [2.45, 2.75) is 18.9 Å². The van der Waals surface area contributed by atoms with E-state index in [0.29, 0.717) is 10.8 Å². The second-order valence-corrected chi connectivity index (χ2v) is 4.54. The first kappa shape index (κ1) is 15.2. The molecule has 6 heteroatoms. The monoisotopic (exact) mass is 295 g/mol. The highest BCUT2D eigenvalue weighted by Gasteiger charge is 2.49. The van der Waals surface area contributed by atoms with Gasteiger partial charge in [-0.05, 0) is 23.8 Å². The van der Waals surface area contributed by atoms with Gasteiger partial charge in [-0.15, -0.1) is 0 Å². The van der Waals surface area contributed by atoms with Crippen LogP contribution in [0.5, 0.6) is 5.75 Å². The first-order valence-electron chi connectivity index (χ1n) is 6.40. The number of aromatic hydroxyl groups is 1. The van der Waals surface area contributed by atoms with Crippen LogP contribution in [0, 0.1) is 0 Å². The van der Waals surface area contributed by atoms with Crippen molar-refractivity contribution >= 4 is 16.7 Å². The molecule has 0 radical (unpaired) electrons. The number of rotatable bonds is 4. The van der Waals surface area contributed by atoms with Gasteiger partial charge in [0.25, 0.3) is 0 Å². The topological polar surface area (TPSA) is 72.5 Å². The molecular formula is C15H15F2NO3. The number of benzene rings is 2. The Morgan fingerprint density at radius 3 is 2.67 bits per heavy atom. The summed E-state index contributed by atoms with van der Waals surface area (Å²) < 4.78 is 32.5. The molecule has 1 atom stereocenters. The van der Waals surface area contributed by atoms with Crippen LogP contribution in [0.15, 0.2) is 36.4 Å². The first-order valence-corrected chi connectivity index (χ1v) is 6.40. The zero-order valence-electron chi connectivity index (χ0n) is 11.3. The number of phenolic OH excluding ortho intramolecular Hbond substituents is 1. The second kappa shape index (κ2) is 5.65. The maximum Gasteiger partial charge on any atom is 0.379 e. The summed E-state index contributed by atoms with van der Waals surface area (Å²) in [5.41, 5.74) is 5.39. The van der Waals surface area contributed by atoms with Crippen LogP contribution in [0.25, 0.3) is 10.8 Å². The Morgan fingerprint density at radius 2 is 2.00 bits per heavy atom. The van der Waals surface area contributed by atoms with E-state index in [2.05, 4.69) is 4.74 Å². The van der Waals surface area contributed by atoms with Crippen molar-refractivity contribution in [2.75, 3.05) is 6.61 Å². The molecule has 3 N–H and O–H groups in total. The van der Waals surface area contributed by atoms with Gasteiger partial charge in [-0.3, -0.25) is 0 Å². The van der Waals surface area contributed by atoms with Crippen molar-refractivity contribution in [3.63, 3.8) is 0 Å². The summed E-state index contributed by atoms with van der Waals surface area (Å²) in [4.78, 5) is 11.4. The van der Waals surface area contributed by atoms with E-state index in [1.807, 2.05) is 0 Å². The fourth-order valence-electron chi connectivity index (χ4n) is 2.15. The predicted molar refractivity (Wildman–Crippen MR) is 74.1 cm³/mol. The Morgan fingerprint density at radius 1 is 1.33 bits per heavy atom. The van der Waals surface area contributed by atoms with Crippen LogP contribution in [0.4, 0.5) is 8.78 Å². The molecule has 2 aromatic rings. The minimum Gasteiger partial charge on any atom is -0.508 e. The van der Waals surface area contributed by atoms with E-state index in [0.717, 1.165) is 0 Å². The minimum absolute atomic E-state index is 0.175. The van der Waals surface area contributed by atoms with E-state index >= 15 is 0 Å². The summed E-state index contributed by atoms with van der Waals surface area (Å²) in [5, 5.41) is 10.9.